The summed E-state index contributed by atoms with van der Waals surface area (Å²) in [5.41, 5.74) is 5.86. The second-order valence-corrected chi connectivity index (χ2v) is 9.03. The van der Waals surface area contributed by atoms with Gasteiger partial charge in [0, 0.05) is 0 Å². The van der Waals surface area contributed by atoms with E-state index in [1.165, 1.54) is 5.56 Å². The molecule has 0 radical (unpaired) electrons. The molecule has 0 saturated carbocycles. The molecule has 1 amide bonds. The van der Waals surface area contributed by atoms with Crippen LogP contribution in [0.3, 0.4) is 0 Å². The Morgan fingerprint density at radius 2 is 1.57 bits per heavy atom. The Balaban J connectivity index is 1.88. The predicted octanol–water partition coefficient (Wildman–Crippen LogP) is 5.32. The average molecular weight is 381 g/mol. The molecule has 0 heterocycles. The van der Waals surface area contributed by atoms with Gasteiger partial charge in [0.15, 0.2) is 6.61 Å². The van der Waals surface area contributed by atoms with Gasteiger partial charge in [0.1, 0.15) is 5.75 Å². The first-order valence-corrected chi connectivity index (χ1v) is 9.69. The summed E-state index contributed by atoms with van der Waals surface area (Å²) in [5, 5.41) is 4.12. The minimum atomic E-state index is -0.285. The Labute approximate surface area is 169 Å². The molecule has 0 unspecified atom stereocenters. The summed E-state index contributed by atoms with van der Waals surface area (Å²) in [7, 11) is 0. The SMILES string of the molecule is C/C(=N\NC(=O)COc1ccc(C(C)(C)CC(C)(C)C)cc1)c1ccccc1. The van der Waals surface area contributed by atoms with Crippen molar-refractivity contribution in [1.82, 2.24) is 5.43 Å². The van der Waals surface area contributed by atoms with E-state index in [1.807, 2.05) is 49.4 Å². The highest BCUT2D eigenvalue weighted by Crippen LogP contribution is 2.36. The van der Waals surface area contributed by atoms with E-state index in [1.54, 1.807) is 0 Å². The predicted molar refractivity (Wildman–Crippen MR) is 116 cm³/mol. The largest absolute Gasteiger partial charge is 0.484 e. The molecule has 1 N–H and O–H groups in total. The van der Waals surface area contributed by atoms with Crippen molar-refractivity contribution >= 4 is 11.6 Å². The van der Waals surface area contributed by atoms with Crippen molar-refractivity contribution in [2.75, 3.05) is 6.61 Å². The van der Waals surface area contributed by atoms with Crippen molar-refractivity contribution in [2.45, 2.75) is 53.4 Å². The van der Waals surface area contributed by atoms with Gasteiger partial charge < -0.3 is 4.74 Å². The van der Waals surface area contributed by atoms with E-state index in [0.29, 0.717) is 5.75 Å². The van der Waals surface area contributed by atoms with Gasteiger partial charge in [0.05, 0.1) is 5.71 Å². The van der Waals surface area contributed by atoms with E-state index in [9.17, 15) is 4.79 Å². The van der Waals surface area contributed by atoms with Crippen LogP contribution in [0.2, 0.25) is 0 Å². The molecule has 0 spiro atoms. The van der Waals surface area contributed by atoms with E-state index in [-0.39, 0.29) is 23.3 Å². The number of hydrogen-bond acceptors (Lipinski definition) is 3. The number of nitrogens with zero attached hydrogens (tertiary/aromatic N) is 1. The van der Waals surface area contributed by atoms with Crippen molar-refractivity contribution in [3.8, 4) is 5.75 Å². The van der Waals surface area contributed by atoms with Crippen LogP contribution >= 0.6 is 0 Å². The number of rotatable bonds is 7. The number of carbonyl (C=O) groups is 1. The molecule has 28 heavy (non-hydrogen) atoms. The Morgan fingerprint density at radius 1 is 0.964 bits per heavy atom. The summed E-state index contributed by atoms with van der Waals surface area (Å²) >= 11 is 0. The molecule has 0 aliphatic heterocycles. The van der Waals surface area contributed by atoms with E-state index in [0.717, 1.165) is 17.7 Å². The Kier molecular flexibility index (Phi) is 7.00. The fourth-order valence-electron chi connectivity index (χ4n) is 3.50. The van der Waals surface area contributed by atoms with Crippen LogP contribution in [0.15, 0.2) is 59.7 Å². The van der Waals surface area contributed by atoms with Crippen LogP contribution in [0, 0.1) is 5.41 Å². The van der Waals surface area contributed by atoms with Crippen molar-refractivity contribution in [3.63, 3.8) is 0 Å². The summed E-state index contributed by atoms with van der Waals surface area (Å²) in [6.45, 7) is 13.1. The molecule has 0 saturated heterocycles. The maximum atomic E-state index is 12.0. The summed E-state index contributed by atoms with van der Waals surface area (Å²) in [4.78, 5) is 12.0. The van der Waals surface area contributed by atoms with E-state index in [2.05, 4.69) is 57.3 Å². The van der Waals surface area contributed by atoms with Crippen molar-refractivity contribution in [2.24, 2.45) is 10.5 Å². The van der Waals surface area contributed by atoms with Crippen molar-refractivity contribution in [1.29, 1.82) is 0 Å². The van der Waals surface area contributed by atoms with Gasteiger partial charge in [-0.05, 0) is 47.4 Å². The average Bonchev–Trinajstić information content (AvgIpc) is 2.63. The van der Waals surface area contributed by atoms with Crippen LogP contribution in [0.1, 0.15) is 59.1 Å². The first-order valence-electron chi connectivity index (χ1n) is 9.69. The van der Waals surface area contributed by atoms with Crippen LogP contribution in [-0.2, 0) is 10.2 Å². The Morgan fingerprint density at radius 3 is 2.14 bits per heavy atom. The zero-order chi connectivity index (χ0) is 20.8. The Hall–Kier alpha value is -2.62. The smallest absolute Gasteiger partial charge is 0.277 e. The highest BCUT2D eigenvalue weighted by atomic mass is 16.5. The first-order chi connectivity index (χ1) is 13.1. The summed E-state index contributed by atoms with van der Waals surface area (Å²) in [5.74, 6) is 0.390. The molecular weight excluding hydrogens is 348 g/mol. The zero-order valence-electron chi connectivity index (χ0n) is 17.9. The number of carbonyl (C=O) groups excluding carboxylic acids is 1. The number of nitrogens with one attached hydrogen (secondary N) is 1. The molecule has 150 valence electrons. The molecule has 0 aliphatic rings. The normalized spacial score (nSPS) is 12.6. The quantitative estimate of drug-likeness (QED) is 0.522. The van der Waals surface area contributed by atoms with Crippen LogP contribution < -0.4 is 10.2 Å². The molecule has 0 fully saturated rings. The minimum Gasteiger partial charge on any atom is -0.484 e. The van der Waals surface area contributed by atoms with Gasteiger partial charge in [-0.3, -0.25) is 4.79 Å². The van der Waals surface area contributed by atoms with Crippen LogP contribution in [0.5, 0.6) is 5.75 Å². The second kappa shape index (κ2) is 9.05. The summed E-state index contributed by atoms with van der Waals surface area (Å²) < 4.78 is 5.59. The monoisotopic (exact) mass is 380 g/mol. The van der Waals surface area contributed by atoms with Gasteiger partial charge >= 0.3 is 0 Å². The molecule has 0 bridgehead atoms. The maximum absolute atomic E-state index is 12.0. The molecule has 2 rings (SSSR count). The lowest BCUT2D eigenvalue weighted by Crippen LogP contribution is -2.26. The topological polar surface area (TPSA) is 50.7 Å². The van der Waals surface area contributed by atoms with Crippen LogP contribution in [0.4, 0.5) is 0 Å². The van der Waals surface area contributed by atoms with Gasteiger partial charge in [0.25, 0.3) is 5.91 Å². The molecular formula is C24H32N2O2. The van der Waals surface area contributed by atoms with Crippen molar-refractivity contribution in [3.05, 3.63) is 65.7 Å². The highest BCUT2D eigenvalue weighted by molar-refractivity contribution is 5.99. The highest BCUT2D eigenvalue weighted by Gasteiger charge is 2.27. The van der Waals surface area contributed by atoms with Gasteiger partial charge in [0.2, 0.25) is 0 Å². The lowest BCUT2D eigenvalue weighted by Gasteiger charge is -2.33. The number of benzene rings is 2. The number of hydrazone groups is 1. The van der Waals surface area contributed by atoms with Crippen LogP contribution in [-0.4, -0.2) is 18.2 Å². The summed E-state index contributed by atoms with van der Waals surface area (Å²) in [6, 6.07) is 17.7. The van der Waals surface area contributed by atoms with Gasteiger partial charge in [-0.1, -0.05) is 77.1 Å². The van der Waals surface area contributed by atoms with Crippen molar-refractivity contribution < 1.29 is 9.53 Å². The molecule has 2 aromatic rings. The third kappa shape index (κ3) is 6.84. The number of amides is 1. The van der Waals surface area contributed by atoms with E-state index in [4.69, 9.17) is 4.74 Å². The Bertz CT molecular complexity index is 801. The van der Waals surface area contributed by atoms with Gasteiger partial charge in [-0.15, -0.1) is 0 Å². The first kappa shape index (κ1) is 21.7. The fourth-order valence-corrected chi connectivity index (χ4v) is 3.50. The number of ether oxygens (including phenoxy) is 1. The molecule has 0 aromatic heterocycles. The van der Waals surface area contributed by atoms with E-state index >= 15 is 0 Å². The number of hydrogen-bond donors (Lipinski definition) is 1. The zero-order valence-corrected chi connectivity index (χ0v) is 17.9. The maximum Gasteiger partial charge on any atom is 0.277 e. The molecule has 0 aliphatic carbocycles. The molecule has 4 nitrogen and oxygen atoms in total. The van der Waals surface area contributed by atoms with Crippen LogP contribution in [0.25, 0.3) is 0 Å². The van der Waals surface area contributed by atoms with Gasteiger partial charge in [-0.25, -0.2) is 5.43 Å². The lowest BCUT2D eigenvalue weighted by molar-refractivity contribution is -0.123. The third-order valence-corrected chi connectivity index (χ3v) is 4.52. The fraction of sp³-hybridized carbons (Fsp3) is 0.417. The molecule has 2 aromatic carbocycles. The second-order valence-electron chi connectivity index (χ2n) is 9.03. The summed E-state index contributed by atoms with van der Waals surface area (Å²) in [6.07, 6.45) is 1.08. The van der Waals surface area contributed by atoms with E-state index < -0.39 is 0 Å². The van der Waals surface area contributed by atoms with Gasteiger partial charge in [-0.2, -0.15) is 5.10 Å². The minimum absolute atomic E-state index is 0.0731. The molecule has 0 atom stereocenters. The lowest BCUT2D eigenvalue weighted by atomic mass is 9.72. The standard InChI is InChI=1S/C24H32N2O2/c1-18(19-10-8-7-9-11-19)25-26-22(27)16-28-21-14-12-20(13-15-21)24(5,6)17-23(2,3)4/h7-15H,16-17H2,1-6H3,(H,26,27)/b25-18+. The molecule has 4 heteroatoms. The third-order valence-electron chi connectivity index (χ3n) is 4.52.